The molecule has 1 saturated carbocycles. The molecule has 0 aliphatic heterocycles. The lowest BCUT2D eigenvalue weighted by Crippen LogP contribution is -2.10. The maximum absolute atomic E-state index is 2.39. The molecule has 0 bridgehead atoms. The Hall–Kier alpha value is -1.82. The van der Waals surface area contributed by atoms with Gasteiger partial charge in [0.15, 0.2) is 0 Å². The van der Waals surface area contributed by atoms with Crippen molar-refractivity contribution in [1.29, 1.82) is 0 Å². The van der Waals surface area contributed by atoms with Crippen molar-refractivity contribution >= 4 is 6.08 Å². The highest BCUT2D eigenvalue weighted by Crippen LogP contribution is 2.48. The third-order valence-electron chi connectivity index (χ3n) is 4.66. The van der Waals surface area contributed by atoms with Crippen LogP contribution in [0.15, 0.2) is 54.6 Å². The van der Waals surface area contributed by atoms with Crippen LogP contribution in [0.4, 0.5) is 0 Å². The van der Waals surface area contributed by atoms with E-state index in [0.29, 0.717) is 5.92 Å². The molecule has 1 aliphatic carbocycles. The average molecular weight is 290 g/mol. The zero-order valence-electron chi connectivity index (χ0n) is 14.1. The highest BCUT2D eigenvalue weighted by Gasteiger charge is 2.35. The fourth-order valence-corrected chi connectivity index (χ4v) is 2.95. The van der Waals surface area contributed by atoms with Gasteiger partial charge in [-0.15, -0.1) is 0 Å². The van der Waals surface area contributed by atoms with Gasteiger partial charge in [0.1, 0.15) is 0 Å². The summed E-state index contributed by atoms with van der Waals surface area (Å²) in [4.78, 5) is 0. The van der Waals surface area contributed by atoms with Crippen LogP contribution in [0.5, 0.6) is 0 Å². The zero-order chi connectivity index (χ0) is 15.7. The van der Waals surface area contributed by atoms with Crippen molar-refractivity contribution in [3.63, 3.8) is 0 Å². The highest BCUT2D eigenvalue weighted by atomic mass is 14.4. The second kappa shape index (κ2) is 5.76. The summed E-state index contributed by atoms with van der Waals surface area (Å²) in [5.41, 5.74) is 5.77. The predicted molar refractivity (Wildman–Crippen MR) is 96.2 cm³/mol. The standard InChI is InChI=1S/C22H26/c1-16-5-10-18(11-6-16)21-15-19(21)12-7-17-8-13-20(14-9-17)22(2,3)4/h5-14,19,21H,15H2,1-4H3/b12-7+/t19-,21-/m0/s1. The summed E-state index contributed by atoms with van der Waals surface area (Å²) in [6, 6.07) is 18.0. The van der Waals surface area contributed by atoms with Crippen molar-refractivity contribution in [1.82, 2.24) is 0 Å². The van der Waals surface area contributed by atoms with Gasteiger partial charge in [0.2, 0.25) is 0 Å². The van der Waals surface area contributed by atoms with E-state index in [1.165, 1.54) is 28.7 Å². The Morgan fingerprint density at radius 2 is 1.55 bits per heavy atom. The van der Waals surface area contributed by atoms with Gasteiger partial charge in [0.25, 0.3) is 0 Å². The Bertz CT molecular complexity index is 651. The molecule has 0 unspecified atom stereocenters. The Balaban J connectivity index is 1.62. The smallest absolute Gasteiger partial charge is 0.00929 e. The first kappa shape index (κ1) is 15.1. The molecule has 0 heteroatoms. The second-order valence-corrected chi connectivity index (χ2v) is 7.65. The van der Waals surface area contributed by atoms with Crippen molar-refractivity contribution in [2.45, 2.75) is 45.4 Å². The SMILES string of the molecule is Cc1ccc([C@@H]2C[C@@H]2/C=C/c2ccc(C(C)(C)C)cc2)cc1. The number of benzene rings is 2. The van der Waals surface area contributed by atoms with E-state index in [1.807, 2.05) is 0 Å². The van der Waals surface area contributed by atoms with E-state index in [1.54, 1.807) is 0 Å². The van der Waals surface area contributed by atoms with Crippen LogP contribution in [0.1, 0.15) is 55.4 Å². The van der Waals surface area contributed by atoms with Gasteiger partial charge in [-0.25, -0.2) is 0 Å². The topological polar surface area (TPSA) is 0 Å². The van der Waals surface area contributed by atoms with Crippen molar-refractivity contribution in [2.75, 3.05) is 0 Å². The minimum Gasteiger partial charge on any atom is -0.0802 e. The summed E-state index contributed by atoms with van der Waals surface area (Å²) >= 11 is 0. The van der Waals surface area contributed by atoms with Gasteiger partial charge in [-0.1, -0.05) is 87.0 Å². The van der Waals surface area contributed by atoms with Gasteiger partial charge < -0.3 is 0 Å². The Kier molecular flexibility index (Phi) is 3.95. The van der Waals surface area contributed by atoms with E-state index in [0.717, 1.165) is 5.92 Å². The van der Waals surface area contributed by atoms with Crippen LogP contribution < -0.4 is 0 Å². The molecule has 0 saturated heterocycles. The molecule has 0 N–H and O–H groups in total. The molecule has 114 valence electrons. The van der Waals surface area contributed by atoms with Gasteiger partial charge in [0, 0.05) is 0 Å². The van der Waals surface area contributed by atoms with E-state index in [2.05, 4.69) is 88.4 Å². The molecule has 0 aromatic heterocycles. The van der Waals surface area contributed by atoms with Gasteiger partial charge in [-0.3, -0.25) is 0 Å². The first-order valence-electron chi connectivity index (χ1n) is 8.29. The fourth-order valence-electron chi connectivity index (χ4n) is 2.95. The summed E-state index contributed by atoms with van der Waals surface area (Å²) in [6.07, 6.45) is 5.96. The van der Waals surface area contributed by atoms with Crippen LogP contribution in [-0.2, 0) is 5.41 Å². The number of rotatable bonds is 3. The van der Waals surface area contributed by atoms with Crippen LogP contribution in [0.3, 0.4) is 0 Å². The molecule has 0 spiro atoms. The van der Waals surface area contributed by atoms with Gasteiger partial charge in [-0.05, 0) is 47.3 Å². The molecule has 0 heterocycles. The Morgan fingerprint density at radius 1 is 0.909 bits per heavy atom. The maximum atomic E-state index is 2.39. The summed E-state index contributed by atoms with van der Waals surface area (Å²) in [6.45, 7) is 8.92. The van der Waals surface area contributed by atoms with Crippen molar-refractivity contribution in [3.8, 4) is 0 Å². The quantitative estimate of drug-likeness (QED) is 0.639. The molecule has 2 aromatic carbocycles. The van der Waals surface area contributed by atoms with E-state index < -0.39 is 0 Å². The van der Waals surface area contributed by atoms with Crippen molar-refractivity contribution in [2.24, 2.45) is 5.92 Å². The molecule has 0 amide bonds. The average Bonchev–Trinajstić information content (AvgIpc) is 3.25. The van der Waals surface area contributed by atoms with E-state index in [4.69, 9.17) is 0 Å². The lowest BCUT2D eigenvalue weighted by atomic mass is 9.87. The lowest BCUT2D eigenvalue weighted by molar-refractivity contribution is 0.590. The van der Waals surface area contributed by atoms with E-state index in [9.17, 15) is 0 Å². The van der Waals surface area contributed by atoms with Gasteiger partial charge >= 0.3 is 0 Å². The summed E-state index contributed by atoms with van der Waals surface area (Å²) < 4.78 is 0. The molecule has 1 aliphatic rings. The van der Waals surface area contributed by atoms with E-state index in [-0.39, 0.29) is 5.41 Å². The number of allylic oxidation sites excluding steroid dienone is 1. The minimum absolute atomic E-state index is 0.231. The van der Waals surface area contributed by atoms with Gasteiger partial charge in [-0.2, -0.15) is 0 Å². The van der Waals surface area contributed by atoms with E-state index >= 15 is 0 Å². The molecule has 3 rings (SSSR count). The first-order valence-corrected chi connectivity index (χ1v) is 8.29. The molecule has 22 heavy (non-hydrogen) atoms. The third kappa shape index (κ3) is 3.50. The Labute approximate surface area is 134 Å². The predicted octanol–water partition coefficient (Wildman–Crippen LogP) is 6.11. The zero-order valence-corrected chi connectivity index (χ0v) is 14.1. The third-order valence-corrected chi connectivity index (χ3v) is 4.66. The van der Waals surface area contributed by atoms with Crippen molar-refractivity contribution < 1.29 is 0 Å². The molecular weight excluding hydrogens is 264 g/mol. The summed E-state index contributed by atoms with van der Waals surface area (Å²) in [7, 11) is 0. The van der Waals surface area contributed by atoms with Gasteiger partial charge in [0.05, 0.1) is 0 Å². The molecule has 2 aromatic rings. The van der Waals surface area contributed by atoms with Crippen LogP contribution in [0, 0.1) is 12.8 Å². The summed E-state index contributed by atoms with van der Waals surface area (Å²) in [5.74, 6) is 1.44. The monoisotopic (exact) mass is 290 g/mol. The summed E-state index contributed by atoms with van der Waals surface area (Å²) in [5, 5.41) is 0. The van der Waals surface area contributed by atoms with Crippen molar-refractivity contribution in [3.05, 3.63) is 76.9 Å². The largest absolute Gasteiger partial charge is 0.0802 e. The number of hydrogen-bond donors (Lipinski definition) is 0. The molecular formula is C22H26. The Morgan fingerprint density at radius 3 is 2.14 bits per heavy atom. The number of aryl methyl sites for hydroxylation is 1. The van der Waals surface area contributed by atoms with Crippen LogP contribution in [-0.4, -0.2) is 0 Å². The van der Waals surface area contributed by atoms with Crippen LogP contribution >= 0.6 is 0 Å². The minimum atomic E-state index is 0.231. The first-order chi connectivity index (χ1) is 10.4. The normalized spacial score (nSPS) is 21.3. The molecule has 1 fully saturated rings. The second-order valence-electron chi connectivity index (χ2n) is 7.65. The van der Waals surface area contributed by atoms with Crippen LogP contribution in [0.25, 0.3) is 6.08 Å². The fraction of sp³-hybridized carbons (Fsp3) is 0.364. The molecule has 0 nitrogen and oxygen atoms in total. The number of hydrogen-bond acceptors (Lipinski definition) is 0. The van der Waals surface area contributed by atoms with Crippen LogP contribution in [0.2, 0.25) is 0 Å². The highest BCUT2D eigenvalue weighted by molar-refractivity contribution is 5.52. The molecule has 0 radical (unpaired) electrons. The molecule has 2 atom stereocenters. The maximum Gasteiger partial charge on any atom is -0.00929 e. The lowest BCUT2D eigenvalue weighted by Gasteiger charge is -2.18.